The van der Waals surface area contributed by atoms with Crippen LogP contribution in [0.2, 0.25) is 5.02 Å². The number of carbonyl (C=O) groups excluding carboxylic acids is 3. The van der Waals surface area contributed by atoms with Gasteiger partial charge in [-0.1, -0.05) is 48.0 Å². The van der Waals surface area contributed by atoms with Gasteiger partial charge in [-0.05, 0) is 43.0 Å². The van der Waals surface area contributed by atoms with E-state index in [-0.39, 0.29) is 29.1 Å². The lowest BCUT2D eigenvalue weighted by molar-refractivity contribution is -0.123. The largest absolute Gasteiger partial charge is 0.490 e. The van der Waals surface area contributed by atoms with Crippen molar-refractivity contribution in [2.75, 3.05) is 13.2 Å². The quantitative estimate of drug-likeness (QED) is 0.317. The van der Waals surface area contributed by atoms with E-state index in [1.54, 1.807) is 66.7 Å². The van der Waals surface area contributed by atoms with E-state index in [1.807, 2.05) is 0 Å². The Hall–Kier alpha value is -3.29. The summed E-state index contributed by atoms with van der Waals surface area (Å²) in [6.07, 6.45) is 1.55. The summed E-state index contributed by atoms with van der Waals surface area (Å²) in [7, 11) is 0. The zero-order valence-electron chi connectivity index (χ0n) is 17.0. The Bertz CT molecular complexity index is 1220. The van der Waals surface area contributed by atoms with E-state index in [2.05, 4.69) is 0 Å². The SMILES string of the molecule is CC(=O)c1ccc(-c2ccc(/C=C3\SC(=O)N(CCOc4ccccc4Cl)C3=O)o2)cc1. The normalized spacial score (nSPS) is 14.9. The van der Waals surface area contributed by atoms with Crippen LogP contribution in [0, 0.1) is 0 Å². The summed E-state index contributed by atoms with van der Waals surface area (Å²) < 4.78 is 11.4. The third-order valence-corrected chi connectivity index (χ3v) is 5.98. The molecule has 6 nitrogen and oxygen atoms in total. The fourth-order valence-corrected chi connectivity index (χ4v) is 4.12. The van der Waals surface area contributed by atoms with Gasteiger partial charge in [0.15, 0.2) is 5.78 Å². The number of ether oxygens (including phenoxy) is 1. The molecule has 32 heavy (non-hydrogen) atoms. The maximum Gasteiger partial charge on any atom is 0.293 e. The van der Waals surface area contributed by atoms with E-state index >= 15 is 0 Å². The van der Waals surface area contributed by atoms with Gasteiger partial charge in [0.05, 0.1) is 16.5 Å². The monoisotopic (exact) mass is 467 g/mol. The summed E-state index contributed by atoms with van der Waals surface area (Å²) >= 11 is 6.90. The number of carbonyl (C=O) groups is 3. The number of furan rings is 1. The number of hydrogen-bond donors (Lipinski definition) is 0. The van der Waals surface area contributed by atoms with E-state index < -0.39 is 5.91 Å². The number of hydrogen-bond acceptors (Lipinski definition) is 6. The summed E-state index contributed by atoms with van der Waals surface area (Å²) in [5.74, 6) is 1.14. The molecule has 0 spiro atoms. The van der Waals surface area contributed by atoms with Gasteiger partial charge in [0, 0.05) is 17.2 Å². The van der Waals surface area contributed by atoms with E-state index in [1.165, 1.54) is 6.92 Å². The van der Waals surface area contributed by atoms with Crippen LogP contribution < -0.4 is 4.74 Å². The molecule has 0 radical (unpaired) electrons. The standard InChI is InChI=1S/C24H18ClNO5S/c1-15(27)16-6-8-17(9-7-16)20-11-10-18(31-20)14-22-23(28)26(24(29)32-22)12-13-30-21-5-3-2-4-19(21)25/h2-11,14H,12-13H2,1H3/b22-14-. The number of benzene rings is 2. The molecule has 0 N–H and O–H groups in total. The summed E-state index contributed by atoms with van der Waals surface area (Å²) in [5.41, 5.74) is 1.42. The molecular weight excluding hydrogens is 450 g/mol. The number of rotatable bonds is 7. The first-order chi connectivity index (χ1) is 15.4. The molecule has 0 saturated carbocycles. The van der Waals surface area contributed by atoms with Crippen LogP contribution in [0.1, 0.15) is 23.0 Å². The van der Waals surface area contributed by atoms with Crippen molar-refractivity contribution >= 4 is 46.4 Å². The van der Waals surface area contributed by atoms with Gasteiger partial charge in [-0.2, -0.15) is 0 Å². The Labute approximate surface area is 193 Å². The van der Waals surface area contributed by atoms with Crippen LogP contribution in [0.5, 0.6) is 5.75 Å². The molecule has 4 rings (SSSR count). The highest BCUT2D eigenvalue weighted by molar-refractivity contribution is 8.18. The molecule has 3 aromatic rings. The number of nitrogens with zero attached hydrogens (tertiary/aromatic N) is 1. The highest BCUT2D eigenvalue weighted by Crippen LogP contribution is 2.33. The van der Waals surface area contributed by atoms with E-state index in [4.69, 9.17) is 20.8 Å². The number of amides is 2. The summed E-state index contributed by atoms with van der Waals surface area (Å²) in [6.45, 7) is 1.76. The van der Waals surface area contributed by atoms with Crippen molar-refractivity contribution in [2.24, 2.45) is 0 Å². The van der Waals surface area contributed by atoms with E-state index in [0.29, 0.717) is 27.9 Å². The number of imide groups is 1. The Balaban J connectivity index is 1.41. The van der Waals surface area contributed by atoms with Gasteiger partial charge < -0.3 is 9.15 Å². The molecular formula is C24H18ClNO5S. The van der Waals surface area contributed by atoms with Crippen molar-refractivity contribution in [3.63, 3.8) is 0 Å². The van der Waals surface area contributed by atoms with Gasteiger partial charge >= 0.3 is 0 Å². The number of halogens is 1. The van der Waals surface area contributed by atoms with E-state index in [0.717, 1.165) is 22.2 Å². The van der Waals surface area contributed by atoms with Gasteiger partial charge in [0.25, 0.3) is 11.1 Å². The van der Waals surface area contributed by atoms with Crippen LogP contribution in [0.25, 0.3) is 17.4 Å². The van der Waals surface area contributed by atoms with E-state index in [9.17, 15) is 14.4 Å². The zero-order chi connectivity index (χ0) is 22.7. The molecule has 1 aliphatic heterocycles. The number of para-hydroxylation sites is 1. The smallest absolute Gasteiger partial charge is 0.293 e. The Morgan fingerprint density at radius 2 is 1.84 bits per heavy atom. The molecule has 1 saturated heterocycles. The van der Waals surface area contributed by atoms with Gasteiger partial charge in [0.1, 0.15) is 23.9 Å². The van der Waals surface area contributed by atoms with Crippen molar-refractivity contribution < 1.29 is 23.5 Å². The minimum atomic E-state index is -0.397. The van der Waals surface area contributed by atoms with Crippen LogP contribution in [0.4, 0.5) is 4.79 Å². The number of ketones is 1. The maximum atomic E-state index is 12.7. The van der Waals surface area contributed by atoms with Crippen molar-refractivity contribution in [1.82, 2.24) is 4.90 Å². The lowest BCUT2D eigenvalue weighted by Gasteiger charge is -2.13. The first-order valence-electron chi connectivity index (χ1n) is 9.76. The summed E-state index contributed by atoms with van der Waals surface area (Å²) in [4.78, 5) is 37.8. The average molecular weight is 468 g/mol. The third-order valence-electron chi connectivity index (χ3n) is 4.76. The molecule has 0 unspecified atom stereocenters. The van der Waals surface area contributed by atoms with Crippen LogP contribution in [0.15, 0.2) is 70.0 Å². The molecule has 1 fully saturated rings. The second kappa shape index (κ2) is 9.46. The number of thioether (sulfide) groups is 1. The topological polar surface area (TPSA) is 76.8 Å². The summed E-state index contributed by atoms with van der Waals surface area (Å²) in [5, 5.41) is 0.0988. The van der Waals surface area contributed by atoms with Gasteiger partial charge in [-0.15, -0.1) is 0 Å². The lowest BCUT2D eigenvalue weighted by Crippen LogP contribution is -2.32. The molecule has 0 aliphatic carbocycles. The first-order valence-corrected chi connectivity index (χ1v) is 11.0. The zero-order valence-corrected chi connectivity index (χ0v) is 18.6. The predicted molar refractivity (Wildman–Crippen MR) is 124 cm³/mol. The Morgan fingerprint density at radius 1 is 1.09 bits per heavy atom. The molecule has 162 valence electrons. The maximum absolute atomic E-state index is 12.7. The second-order valence-electron chi connectivity index (χ2n) is 6.95. The molecule has 2 aromatic carbocycles. The highest BCUT2D eigenvalue weighted by atomic mass is 35.5. The predicted octanol–water partition coefficient (Wildman–Crippen LogP) is 5.92. The highest BCUT2D eigenvalue weighted by Gasteiger charge is 2.35. The fraction of sp³-hybridized carbons (Fsp3) is 0.125. The minimum Gasteiger partial charge on any atom is -0.490 e. The lowest BCUT2D eigenvalue weighted by atomic mass is 10.1. The molecule has 1 aliphatic rings. The molecule has 0 atom stereocenters. The van der Waals surface area contributed by atoms with Crippen molar-refractivity contribution in [3.8, 4) is 17.1 Å². The van der Waals surface area contributed by atoms with Gasteiger partial charge in [-0.3, -0.25) is 19.3 Å². The van der Waals surface area contributed by atoms with Crippen LogP contribution in [-0.2, 0) is 4.79 Å². The van der Waals surface area contributed by atoms with Crippen molar-refractivity contribution in [2.45, 2.75) is 6.92 Å². The van der Waals surface area contributed by atoms with Gasteiger partial charge in [-0.25, -0.2) is 0 Å². The van der Waals surface area contributed by atoms with Crippen LogP contribution in [-0.4, -0.2) is 35.0 Å². The third kappa shape index (κ3) is 4.79. The molecule has 2 amide bonds. The minimum absolute atomic E-state index is 0.00956. The van der Waals surface area contributed by atoms with Crippen molar-refractivity contribution in [1.29, 1.82) is 0 Å². The average Bonchev–Trinajstić information content (AvgIpc) is 3.35. The molecule has 0 bridgehead atoms. The Morgan fingerprint density at radius 3 is 2.56 bits per heavy atom. The second-order valence-corrected chi connectivity index (χ2v) is 8.35. The van der Waals surface area contributed by atoms with Gasteiger partial charge in [0.2, 0.25) is 0 Å². The first kappa shape index (κ1) is 21.9. The Kier molecular flexibility index (Phi) is 6.48. The fourth-order valence-electron chi connectivity index (χ4n) is 3.09. The molecule has 2 heterocycles. The molecule has 8 heteroatoms. The summed E-state index contributed by atoms with van der Waals surface area (Å²) in [6, 6.07) is 17.6. The van der Waals surface area contributed by atoms with Crippen LogP contribution >= 0.6 is 23.4 Å². The molecule has 1 aromatic heterocycles. The van der Waals surface area contributed by atoms with Crippen LogP contribution in [0.3, 0.4) is 0 Å². The number of Topliss-reactive ketones (excluding diaryl/α,β-unsaturated/α-hetero) is 1. The van der Waals surface area contributed by atoms with Crippen molar-refractivity contribution in [3.05, 3.63) is 81.9 Å².